The number of alkyl halides is 3. The predicted octanol–water partition coefficient (Wildman–Crippen LogP) is 5.41. The largest absolute Gasteiger partial charge is 0.497 e. The van der Waals surface area contributed by atoms with Gasteiger partial charge >= 0.3 is 6.18 Å². The van der Waals surface area contributed by atoms with Crippen molar-refractivity contribution in [3.05, 3.63) is 65.6 Å². The number of hydrogen-bond donors (Lipinski definition) is 1. The van der Waals surface area contributed by atoms with Crippen LogP contribution in [0, 0.1) is 0 Å². The van der Waals surface area contributed by atoms with Crippen molar-refractivity contribution in [3.8, 4) is 22.8 Å². The van der Waals surface area contributed by atoms with Crippen molar-refractivity contribution in [1.82, 2.24) is 4.98 Å². The SMILES string of the molecule is COc1ccc(OC)c(-c2csc(NC(=O)/C=C(/c3ccccc3)C(F)(F)F)n2)c1. The lowest BCUT2D eigenvalue weighted by Crippen LogP contribution is -2.16. The van der Waals surface area contributed by atoms with Crippen molar-refractivity contribution in [1.29, 1.82) is 0 Å². The van der Waals surface area contributed by atoms with E-state index in [0.29, 0.717) is 28.8 Å². The number of nitrogens with one attached hydrogen (secondary N) is 1. The molecule has 0 fully saturated rings. The minimum absolute atomic E-state index is 0.0962. The van der Waals surface area contributed by atoms with Crippen LogP contribution in [0.2, 0.25) is 0 Å². The summed E-state index contributed by atoms with van der Waals surface area (Å²) >= 11 is 1.09. The Bertz CT molecular complexity index is 1060. The molecule has 0 aliphatic carbocycles. The van der Waals surface area contributed by atoms with Crippen LogP contribution in [0.15, 0.2) is 60.0 Å². The van der Waals surface area contributed by atoms with Crippen LogP contribution in [0.1, 0.15) is 5.56 Å². The Morgan fingerprint density at radius 1 is 1.10 bits per heavy atom. The van der Waals surface area contributed by atoms with E-state index in [9.17, 15) is 18.0 Å². The number of thiazole rings is 1. The molecule has 0 aliphatic heterocycles. The molecule has 0 bridgehead atoms. The van der Waals surface area contributed by atoms with Gasteiger partial charge in [-0.05, 0) is 23.8 Å². The minimum atomic E-state index is -4.68. The molecule has 30 heavy (non-hydrogen) atoms. The van der Waals surface area contributed by atoms with E-state index in [2.05, 4.69) is 10.3 Å². The molecule has 3 rings (SSSR count). The molecule has 1 amide bonds. The van der Waals surface area contributed by atoms with Crippen LogP contribution in [0.25, 0.3) is 16.8 Å². The number of hydrogen-bond acceptors (Lipinski definition) is 5. The zero-order valence-electron chi connectivity index (χ0n) is 16.0. The van der Waals surface area contributed by atoms with E-state index >= 15 is 0 Å². The van der Waals surface area contributed by atoms with Crippen LogP contribution in [0.4, 0.5) is 18.3 Å². The van der Waals surface area contributed by atoms with E-state index in [1.54, 1.807) is 29.6 Å². The number of rotatable bonds is 6. The predicted molar refractivity (Wildman–Crippen MR) is 110 cm³/mol. The second-order valence-corrected chi connectivity index (χ2v) is 6.87. The highest BCUT2D eigenvalue weighted by Crippen LogP contribution is 2.36. The number of carbonyl (C=O) groups is 1. The summed E-state index contributed by atoms with van der Waals surface area (Å²) < 4.78 is 50.7. The Morgan fingerprint density at radius 2 is 1.83 bits per heavy atom. The Labute approximate surface area is 174 Å². The number of benzene rings is 2. The Kier molecular flexibility index (Phi) is 6.41. The third-order valence-corrected chi connectivity index (χ3v) is 4.84. The number of allylic oxidation sites excluding steroid dienone is 1. The standard InChI is InChI=1S/C21H17F3N2O3S/c1-28-14-8-9-18(29-2)15(10-14)17-12-30-20(25-17)26-19(27)11-16(21(22,23)24)13-6-4-3-5-7-13/h3-12H,1-2H3,(H,25,26,27)/b16-11-. The first-order valence-electron chi connectivity index (χ1n) is 8.65. The van der Waals surface area contributed by atoms with Gasteiger partial charge in [-0.15, -0.1) is 11.3 Å². The maximum Gasteiger partial charge on any atom is 0.417 e. The molecule has 0 spiro atoms. The van der Waals surface area contributed by atoms with E-state index in [1.165, 1.54) is 38.5 Å². The molecular formula is C21H17F3N2O3S. The highest BCUT2D eigenvalue weighted by atomic mass is 32.1. The lowest BCUT2D eigenvalue weighted by Gasteiger charge is -2.11. The molecule has 0 unspecified atom stereocenters. The quantitative estimate of drug-likeness (QED) is 0.527. The zero-order valence-corrected chi connectivity index (χ0v) is 16.8. The first-order valence-corrected chi connectivity index (χ1v) is 9.53. The van der Waals surface area contributed by atoms with E-state index in [4.69, 9.17) is 9.47 Å². The molecular weight excluding hydrogens is 417 g/mol. The maximum atomic E-state index is 13.4. The summed E-state index contributed by atoms with van der Waals surface area (Å²) in [7, 11) is 3.03. The van der Waals surface area contributed by atoms with Gasteiger partial charge in [-0.2, -0.15) is 13.2 Å². The number of methoxy groups -OCH3 is 2. The smallest absolute Gasteiger partial charge is 0.417 e. The van der Waals surface area contributed by atoms with Crippen molar-refractivity contribution in [3.63, 3.8) is 0 Å². The van der Waals surface area contributed by atoms with Crippen LogP contribution in [0.5, 0.6) is 11.5 Å². The fourth-order valence-electron chi connectivity index (χ4n) is 2.69. The van der Waals surface area contributed by atoms with Gasteiger partial charge in [-0.25, -0.2) is 4.98 Å². The summed E-state index contributed by atoms with van der Waals surface area (Å²) in [6.07, 6.45) is -4.15. The number of halogens is 3. The molecule has 1 aromatic heterocycles. The van der Waals surface area contributed by atoms with E-state index in [0.717, 1.165) is 11.3 Å². The fourth-order valence-corrected chi connectivity index (χ4v) is 3.40. The monoisotopic (exact) mass is 434 g/mol. The molecule has 0 saturated carbocycles. The highest BCUT2D eigenvalue weighted by Gasteiger charge is 2.35. The topological polar surface area (TPSA) is 60.5 Å². The summed E-state index contributed by atoms with van der Waals surface area (Å²) in [6.45, 7) is 0. The average Bonchev–Trinajstić information content (AvgIpc) is 3.19. The van der Waals surface area contributed by atoms with Gasteiger partial charge in [0.1, 0.15) is 11.5 Å². The van der Waals surface area contributed by atoms with Gasteiger partial charge in [-0.1, -0.05) is 30.3 Å². The Hall–Kier alpha value is -3.33. The van der Waals surface area contributed by atoms with Crippen LogP contribution in [-0.4, -0.2) is 31.3 Å². The van der Waals surface area contributed by atoms with E-state index < -0.39 is 17.7 Å². The van der Waals surface area contributed by atoms with Crippen molar-refractivity contribution >= 4 is 27.9 Å². The van der Waals surface area contributed by atoms with Crippen LogP contribution < -0.4 is 14.8 Å². The number of amides is 1. The molecule has 0 radical (unpaired) electrons. The molecule has 156 valence electrons. The lowest BCUT2D eigenvalue weighted by atomic mass is 10.1. The van der Waals surface area contributed by atoms with Gasteiger partial charge < -0.3 is 9.47 Å². The van der Waals surface area contributed by atoms with Gasteiger partial charge in [0.05, 0.1) is 25.5 Å². The third kappa shape index (κ3) is 4.98. The molecule has 0 atom stereocenters. The van der Waals surface area contributed by atoms with E-state index in [-0.39, 0.29) is 10.7 Å². The molecule has 3 aromatic rings. The molecule has 1 N–H and O–H groups in total. The van der Waals surface area contributed by atoms with Crippen molar-refractivity contribution in [2.75, 3.05) is 19.5 Å². The molecule has 5 nitrogen and oxygen atoms in total. The first-order chi connectivity index (χ1) is 14.3. The van der Waals surface area contributed by atoms with Gasteiger partial charge in [-0.3, -0.25) is 10.1 Å². The lowest BCUT2D eigenvalue weighted by molar-refractivity contribution is -0.112. The summed E-state index contributed by atoms with van der Waals surface area (Å²) in [4.78, 5) is 16.5. The summed E-state index contributed by atoms with van der Waals surface area (Å²) in [5.74, 6) is 0.206. The molecule has 2 aromatic carbocycles. The van der Waals surface area contributed by atoms with Crippen LogP contribution in [-0.2, 0) is 4.79 Å². The zero-order chi connectivity index (χ0) is 21.7. The Balaban J connectivity index is 1.85. The second-order valence-electron chi connectivity index (χ2n) is 6.02. The highest BCUT2D eigenvalue weighted by molar-refractivity contribution is 7.14. The van der Waals surface area contributed by atoms with Gasteiger partial charge in [0.15, 0.2) is 5.13 Å². The Morgan fingerprint density at radius 3 is 2.47 bits per heavy atom. The molecule has 1 heterocycles. The molecule has 0 aliphatic rings. The van der Waals surface area contributed by atoms with Crippen LogP contribution in [0.3, 0.4) is 0 Å². The summed E-state index contributed by atoms with van der Waals surface area (Å²) in [5, 5.41) is 4.21. The van der Waals surface area contributed by atoms with Crippen molar-refractivity contribution in [2.45, 2.75) is 6.18 Å². The van der Waals surface area contributed by atoms with Gasteiger partial charge in [0.2, 0.25) is 0 Å². The summed E-state index contributed by atoms with van der Waals surface area (Å²) in [5.41, 5.74) is -0.00789. The van der Waals surface area contributed by atoms with Crippen LogP contribution >= 0.6 is 11.3 Å². The summed E-state index contributed by atoms with van der Waals surface area (Å²) in [6, 6.07) is 12.3. The third-order valence-electron chi connectivity index (χ3n) is 4.08. The van der Waals surface area contributed by atoms with Crippen molar-refractivity contribution in [2.24, 2.45) is 0 Å². The first kappa shape index (κ1) is 21.4. The van der Waals surface area contributed by atoms with Gasteiger partial charge in [0, 0.05) is 17.0 Å². The molecule has 0 saturated heterocycles. The average molecular weight is 434 g/mol. The van der Waals surface area contributed by atoms with E-state index in [1.807, 2.05) is 0 Å². The number of anilines is 1. The fraction of sp³-hybridized carbons (Fsp3) is 0.143. The minimum Gasteiger partial charge on any atom is -0.497 e. The molecule has 9 heteroatoms. The number of nitrogens with zero attached hydrogens (tertiary/aromatic N) is 1. The van der Waals surface area contributed by atoms with Gasteiger partial charge in [0.25, 0.3) is 5.91 Å². The number of carbonyl (C=O) groups excluding carboxylic acids is 1. The number of aromatic nitrogens is 1. The normalized spacial score (nSPS) is 11.8. The van der Waals surface area contributed by atoms with Crippen molar-refractivity contribution < 1.29 is 27.4 Å². The number of ether oxygens (including phenoxy) is 2. The maximum absolute atomic E-state index is 13.4. The second kappa shape index (κ2) is 9.00.